The van der Waals surface area contributed by atoms with Crippen LogP contribution in [0.4, 0.5) is 0 Å². The molecule has 0 radical (unpaired) electrons. The maximum absolute atomic E-state index is 11.5. The van der Waals surface area contributed by atoms with Crippen LogP contribution in [0.3, 0.4) is 0 Å². The number of nitriles is 2. The second kappa shape index (κ2) is 11.6. The van der Waals surface area contributed by atoms with Crippen LogP contribution in [-0.4, -0.2) is 38.8 Å². The van der Waals surface area contributed by atoms with E-state index in [1.54, 1.807) is 72.8 Å². The van der Waals surface area contributed by atoms with E-state index in [1.807, 2.05) is 0 Å². The van der Waals surface area contributed by atoms with Crippen molar-refractivity contribution >= 4 is 22.7 Å². The van der Waals surface area contributed by atoms with Crippen LogP contribution in [0.25, 0.3) is 33.5 Å². The fraction of sp³-hybridized carbons (Fsp3) is 0.103. The first-order chi connectivity index (χ1) is 19.0. The quantitative estimate of drug-likeness (QED) is 0.222. The van der Waals surface area contributed by atoms with Crippen molar-refractivity contribution in [3.63, 3.8) is 0 Å². The fourth-order valence-electron chi connectivity index (χ4n) is 3.72. The van der Waals surface area contributed by atoms with Crippen molar-refractivity contribution in [1.82, 2.24) is 15.2 Å². The lowest BCUT2D eigenvalue weighted by Gasteiger charge is -2.13. The molecule has 10 heteroatoms. The summed E-state index contributed by atoms with van der Waals surface area (Å²) in [6.45, 7) is 0.00874. The van der Waals surface area contributed by atoms with Crippen molar-refractivity contribution in [3.8, 4) is 40.4 Å². The summed E-state index contributed by atoms with van der Waals surface area (Å²) in [4.78, 5) is 16.2. The molecular formula is C29H19N5O4S. The Balaban J connectivity index is 1.31. The van der Waals surface area contributed by atoms with E-state index in [4.69, 9.17) is 24.7 Å². The zero-order valence-electron chi connectivity index (χ0n) is 20.3. The van der Waals surface area contributed by atoms with E-state index >= 15 is 0 Å². The molecule has 0 saturated carbocycles. The molecule has 2 heterocycles. The largest absolute Gasteiger partial charge is 0.491 e. The molecule has 1 unspecified atom stereocenters. The number of nitrogens with zero attached hydrogens (tertiary/aromatic N) is 5. The standard InChI is InChI=1S/C29H19N5O4S/c30-14-18-1-5-21(6-2-18)27-28(22-7-3-19(15-31)4-8-22)33-34-29(32-27)39-17-23(35)16-37-24-11-9-20-10-12-26(36)38-25(20)13-24/h1-13,23,35H,16-17H2. The van der Waals surface area contributed by atoms with Gasteiger partial charge in [-0.05, 0) is 42.5 Å². The van der Waals surface area contributed by atoms with Crippen LogP contribution in [0.2, 0.25) is 0 Å². The van der Waals surface area contributed by atoms with Gasteiger partial charge < -0.3 is 14.3 Å². The van der Waals surface area contributed by atoms with Gasteiger partial charge in [0.15, 0.2) is 0 Å². The zero-order valence-corrected chi connectivity index (χ0v) is 21.1. The predicted octanol–water partition coefficient (Wildman–Crippen LogP) is 4.59. The molecule has 0 amide bonds. The van der Waals surface area contributed by atoms with Crippen molar-refractivity contribution in [2.45, 2.75) is 11.3 Å². The van der Waals surface area contributed by atoms with Crippen molar-refractivity contribution in [1.29, 1.82) is 10.5 Å². The second-order valence-corrected chi connectivity index (χ2v) is 9.39. The van der Waals surface area contributed by atoms with Crippen LogP contribution in [-0.2, 0) is 0 Å². The summed E-state index contributed by atoms with van der Waals surface area (Å²) in [5.74, 6) is 0.710. The summed E-state index contributed by atoms with van der Waals surface area (Å²) < 4.78 is 10.9. The van der Waals surface area contributed by atoms with Gasteiger partial charge in [-0.15, -0.1) is 10.2 Å². The van der Waals surface area contributed by atoms with Gasteiger partial charge in [0.25, 0.3) is 0 Å². The molecule has 0 aliphatic heterocycles. The third-order valence-electron chi connectivity index (χ3n) is 5.68. The molecule has 9 nitrogen and oxygen atoms in total. The predicted molar refractivity (Wildman–Crippen MR) is 145 cm³/mol. The van der Waals surface area contributed by atoms with E-state index in [0.717, 1.165) is 16.5 Å². The van der Waals surface area contributed by atoms with E-state index in [2.05, 4.69) is 22.3 Å². The molecule has 0 aliphatic rings. The first-order valence-corrected chi connectivity index (χ1v) is 12.7. The molecule has 190 valence electrons. The van der Waals surface area contributed by atoms with Crippen LogP contribution in [0.15, 0.2) is 93.2 Å². The Labute approximate surface area is 227 Å². The zero-order chi connectivity index (χ0) is 27.2. The molecule has 0 bridgehead atoms. The molecule has 1 N–H and O–H groups in total. The molecule has 0 fully saturated rings. The van der Waals surface area contributed by atoms with Crippen LogP contribution >= 0.6 is 11.8 Å². The normalized spacial score (nSPS) is 11.5. The number of aromatic nitrogens is 3. The average Bonchev–Trinajstić information content (AvgIpc) is 2.98. The topological polar surface area (TPSA) is 146 Å². The minimum atomic E-state index is -0.839. The number of ether oxygens (including phenoxy) is 1. The van der Waals surface area contributed by atoms with Gasteiger partial charge in [0.1, 0.15) is 29.3 Å². The molecule has 5 aromatic rings. The lowest BCUT2D eigenvalue weighted by atomic mass is 10.0. The number of fused-ring (bicyclic) bond motifs is 1. The lowest BCUT2D eigenvalue weighted by molar-refractivity contribution is 0.126. The van der Waals surface area contributed by atoms with Crippen molar-refractivity contribution in [2.75, 3.05) is 12.4 Å². The van der Waals surface area contributed by atoms with Gasteiger partial charge in [-0.1, -0.05) is 36.0 Å². The van der Waals surface area contributed by atoms with Gasteiger partial charge in [-0.2, -0.15) is 10.5 Å². The van der Waals surface area contributed by atoms with Crippen LogP contribution < -0.4 is 10.4 Å². The Morgan fingerprint density at radius 2 is 1.51 bits per heavy atom. The van der Waals surface area contributed by atoms with Gasteiger partial charge in [-0.25, -0.2) is 9.78 Å². The summed E-state index contributed by atoms with van der Waals surface area (Å²) in [6.07, 6.45) is -0.839. The Hall–Kier alpha value is -5.03. The molecule has 0 spiro atoms. The van der Waals surface area contributed by atoms with Gasteiger partial charge in [0, 0.05) is 34.4 Å². The molecule has 0 aliphatic carbocycles. The van der Waals surface area contributed by atoms with Gasteiger partial charge in [0.2, 0.25) is 5.16 Å². The van der Waals surface area contributed by atoms with E-state index in [1.165, 1.54) is 17.8 Å². The van der Waals surface area contributed by atoms with Crippen molar-refractivity contribution in [2.24, 2.45) is 0 Å². The maximum Gasteiger partial charge on any atom is 0.336 e. The Morgan fingerprint density at radius 1 is 0.872 bits per heavy atom. The number of hydrogen-bond acceptors (Lipinski definition) is 10. The summed E-state index contributed by atoms with van der Waals surface area (Å²) in [5, 5.41) is 38.5. The highest BCUT2D eigenvalue weighted by molar-refractivity contribution is 7.99. The van der Waals surface area contributed by atoms with Gasteiger partial charge >= 0.3 is 5.63 Å². The molecule has 39 heavy (non-hydrogen) atoms. The molecule has 1 atom stereocenters. The first kappa shape index (κ1) is 25.6. The summed E-state index contributed by atoms with van der Waals surface area (Å²) in [7, 11) is 0. The smallest absolute Gasteiger partial charge is 0.336 e. The molecule has 3 aromatic carbocycles. The monoisotopic (exact) mass is 533 g/mol. The number of rotatable bonds is 8. The van der Waals surface area contributed by atoms with Gasteiger partial charge in [0.05, 0.1) is 29.4 Å². The maximum atomic E-state index is 11.5. The van der Waals surface area contributed by atoms with Gasteiger partial charge in [-0.3, -0.25) is 0 Å². The highest BCUT2D eigenvalue weighted by atomic mass is 32.2. The van der Waals surface area contributed by atoms with Crippen LogP contribution in [0.1, 0.15) is 11.1 Å². The second-order valence-electron chi connectivity index (χ2n) is 8.40. The Morgan fingerprint density at radius 3 is 2.18 bits per heavy atom. The van der Waals surface area contributed by atoms with Crippen molar-refractivity contribution in [3.05, 3.63) is 100 Å². The van der Waals surface area contributed by atoms with E-state index in [0.29, 0.717) is 39.0 Å². The minimum absolute atomic E-state index is 0.00874. The van der Waals surface area contributed by atoms with Crippen LogP contribution in [0.5, 0.6) is 5.75 Å². The third kappa shape index (κ3) is 6.11. The SMILES string of the molecule is N#Cc1ccc(-c2nnc(SCC(O)COc3ccc4ccc(=O)oc4c3)nc2-c2ccc(C#N)cc2)cc1. The summed E-state index contributed by atoms with van der Waals surface area (Å²) >= 11 is 1.22. The molecular weight excluding hydrogens is 514 g/mol. The summed E-state index contributed by atoms with van der Waals surface area (Å²) in [6, 6.07) is 26.3. The summed E-state index contributed by atoms with van der Waals surface area (Å²) in [5.41, 5.74) is 3.58. The molecule has 0 saturated heterocycles. The number of aliphatic hydroxyl groups is 1. The van der Waals surface area contributed by atoms with E-state index in [-0.39, 0.29) is 12.4 Å². The van der Waals surface area contributed by atoms with Crippen molar-refractivity contribution < 1.29 is 14.3 Å². The number of hydrogen-bond donors (Lipinski definition) is 1. The number of thioether (sulfide) groups is 1. The minimum Gasteiger partial charge on any atom is -0.491 e. The number of aliphatic hydroxyl groups excluding tert-OH is 1. The Kier molecular flexibility index (Phi) is 7.60. The molecule has 5 rings (SSSR count). The van der Waals surface area contributed by atoms with E-state index in [9.17, 15) is 9.90 Å². The number of benzene rings is 3. The highest BCUT2D eigenvalue weighted by Crippen LogP contribution is 2.30. The Bertz CT molecular complexity index is 1770. The first-order valence-electron chi connectivity index (χ1n) is 11.8. The van der Waals surface area contributed by atoms with E-state index < -0.39 is 11.7 Å². The third-order valence-corrected chi connectivity index (χ3v) is 6.67. The average molecular weight is 534 g/mol. The lowest BCUT2D eigenvalue weighted by Crippen LogP contribution is -2.20. The van der Waals surface area contributed by atoms with Crippen LogP contribution in [0, 0.1) is 22.7 Å². The highest BCUT2D eigenvalue weighted by Gasteiger charge is 2.16. The molecule has 2 aromatic heterocycles. The fourth-order valence-corrected chi connectivity index (χ4v) is 4.41.